The number of carbonyl (C=O) groups excluding carboxylic acids is 1. The van der Waals surface area contributed by atoms with Crippen molar-refractivity contribution in [3.63, 3.8) is 0 Å². The Morgan fingerprint density at radius 3 is 2.52 bits per heavy atom. The van der Waals surface area contributed by atoms with E-state index in [1.54, 1.807) is 18.2 Å². The Labute approximate surface area is 150 Å². The van der Waals surface area contributed by atoms with Gasteiger partial charge < -0.3 is 14.8 Å². The second kappa shape index (κ2) is 6.99. The Bertz CT molecular complexity index is 957. The zero-order chi connectivity index (χ0) is 18.0. The first kappa shape index (κ1) is 17.0. The summed E-state index contributed by atoms with van der Waals surface area (Å²) in [5.74, 6) is 0.646. The normalized spacial score (nSPS) is 10.6. The Kier molecular flexibility index (Phi) is 4.76. The standard InChI is InChI=1S/C19H17ClN2O3/c1-11-8-13(12-6-4-5-7-15(12)21-11)19(23)22-16-10-17(24-2)14(20)9-18(16)25-3/h4-10H,1-3H3,(H,22,23). The molecule has 1 aromatic heterocycles. The molecule has 0 aliphatic carbocycles. The van der Waals surface area contributed by atoms with Crippen LogP contribution in [0.15, 0.2) is 42.5 Å². The average Bonchev–Trinajstić information content (AvgIpc) is 2.61. The fraction of sp³-hybridized carbons (Fsp3) is 0.158. The van der Waals surface area contributed by atoms with Crippen LogP contribution in [0.2, 0.25) is 5.02 Å². The molecule has 0 unspecified atom stereocenters. The first-order valence-corrected chi connectivity index (χ1v) is 8.00. The van der Waals surface area contributed by atoms with Crippen LogP contribution in [0.25, 0.3) is 10.9 Å². The van der Waals surface area contributed by atoms with E-state index in [9.17, 15) is 4.79 Å². The van der Waals surface area contributed by atoms with Crippen LogP contribution >= 0.6 is 11.6 Å². The second-order valence-electron chi connectivity index (χ2n) is 5.47. The third-order valence-corrected chi connectivity index (χ3v) is 4.11. The van der Waals surface area contributed by atoms with Crippen molar-refractivity contribution in [1.82, 2.24) is 4.98 Å². The number of amides is 1. The highest BCUT2D eigenvalue weighted by Crippen LogP contribution is 2.36. The number of para-hydroxylation sites is 1. The van der Waals surface area contributed by atoms with Gasteiger partial charge in [0, 0.05) is 23.2 Å². The molecule has 2 aromatic carbocycles. The maximum Gasteiger partial charge on any atom is 0.256 e. The van der Waals surface area contributed by atoms with Crippen molar-refractivity contribution < 1.29 is 14.3 Å². The average molecular weight is 357 g/mol. The summed E-state index contributed by atoms with van der Waals surface area (Å²) in [5.41, 5.74) is 2.56. The van der Waals surface area contributed by atoms with E-state index in [0.717, 1.165) is 16.6 Å². The van der Waals surface area contributed by atoms with Gasteiger partial charge in [-0.15, -0.1) is 0 Å². The SMILES string of the molecule is COc1cc(NC(=O)c2cc(C)nc3ccccc23)c(OC)cc1Cl. The molecule has 6 heteroatoms. The number of ether oxygens (including phenoxy) is 2. The number of aromatic nitrogens is 1. The van der Waals surface area contributed by atoms with Crippen LogP contribution in [0, 0.1) is 6.92 Å². The molecule has 0 fully saturated rings. The highest BCUT2D eigenvalue weighted by molar-refractivity contribution is 6.32. The number of aryl methyl sites for hydroxylation is 1. The Hall–Kier alpha value is -2.79. The van der Waals surface area contributed by atoms with Crippen molar-refractivity contribution >= 4 is 34.1 Å². The quantitative estimate of drug-likeness (QED) is 0.749. The Morgan fingerprint density at radius 1 is 1.08 bits per heavy atom. The third-order valence-electron chi connectivity index (χ3n) is 3.81. The monoisotopic (exact) mass is 356 g/mol. The van der Waals surface area contributed by atoms with E-state index in [1.807, 2.05) is 31.2 Å². The Morgan fingerprint density at radius 2 is 1.80 bits per heavy atom. The number of benzene rings is 2. The number of hydrogen-bond donors (Lipinski definition) is 1. The zero-order valence-corrected chi connectivity index (χ0v) is 14.8. The lowest BCUT2D eigenvalue weighted by molar-refractivity contribution is 0.102. The molecule has 0 spiro atoms. The molecule has 0 saturated carbocycles. The molecule has 5 nitrogen and oxygen atoms in total. The van der Waals surface area contributed by atoms with Gasteiger partial charge in [0.05, 0.1) is 36.0 Å². The molecule has 1 heterocycles. The molecule has 0 aliphatic heterocycles. The van der Waals surface area contributed by atoms with Crippen molar-refractivity contribution in [1.29, 1.82) is 0 Å². The molecule has 3 rings (SSSR count). The van der Waals surface area contributed by atoms with Crippen LogP contribution in [-0.4, -0.2) is 25.1 Å². The van der Waals surface area contributed by atoms with Gasteiger partial charge in [-0.05, 0) is 19.1 Å². The number of hydrogen-bond acceptors (Lipinski definition) is 4. The van der Waals surface area contributed by atoms with Crippen LogP contribution in [0.4, 0.5) is 5.69 Å². The van der Waals surface area contributed by atoms with Crippen LogP contribution < -0.4 is 14.8 Å². The lowest BCUT2D eigenvalue weighted by Crippen LogP contribution is -2.14. The van der Waals surface area contributed by atoms with Gasteiger partial charge in [-0.3, -0.25) is 9.78 Å². The van der Waals surface area contributed by atoms with Crippen LogP contribution in [-0.2, 0) is 0 Å². The van der Waals surface area contributed by atoms with E-state index < -0.39 is 0 Å². The van der Waals surface area contributed by atoms with Crippen molar-refractivity contribution in [3.8, 4) is 11.5 Å². The molecule has 3 aromatic rings. The summed E-state index contributed by atoms with van der Waals surface area (Å²) in [6.45, 7) is 1.86. The van der Waals surface area contributed by atoms with Crippen molar-refractivity contribution in [2.45, 2.75) is 6.92 Å². The minimum Gasteiger partial charge on any atom is -0.495 e. The van der Waals surface area contributed by atoms with Crippen molar-refractivity contribution in [2.75, 3.05) is 19.5 Å². The van der Waals surface area contributed by atoms with E-state index in [2.05, 4.69) is 10.3 Å². The maximum absolute atomic E-state index is 12.9. The van der Waals surface area contributed by atoms with E-state index in [-0.39, 0.29) is 5.91 Å². The zero-order valence-electron chi connectivity index (χ0n) is 14.1. The third kappa shape index (κ3) is 3.37. The first-order chi connectivity index (χ1) is 12.0. The van der Waals surface area contributed by atoms with Gasteiger partial charge >= 0.3 is 0 Å². The number of anilines is 1. The van der Waals surface area contributed by atoms with Gasteiger partial charge in [0.1, 0.15) is 11.5 Å². The molecule has 0 aliphatic rings. The summed E-state index contributed by atoms with van der Waals surface area (Å²) in [6.07, 6.45) is 0. The van der Waals surface area contributed by atoms with E-state index in [0.29, 0.717) is 27.8 Å². The first-order valence-electron chi connectivity index (χ1n) is 7.62. The molecule has 1 N–H and O–H groups in total. The van der Waals surface area contributed by atoms with Crippen molar-refractivity contribution in [3.05, 3.63) is 58.7 Å². The molecule has 0 atom stereocenters. The lowest BCUT2D eigenvalue weighted by Gasteiger charge is -2.14. The molecule has 0 radical (unpaired) electrons. The fourth-order valence-electron chi connectivity index (χ4n) is 2.64. The second-order valence-corrected chi connectivity index (χ2v) is 5.88. The molecule has 1 amide bonds. The smallest absolute Gasteiger partial charge is 0.256 e. The highest BCUT2D eigenvalue weighted by Gasteiger charge is 2.16. The number of methoxy groups -OCH3 is 2. The van der Waals surface area contributed by atoms with Crippen LogP contribution in [0.5, 0.6) is 11.5 Å². The molecule has 128 valence electrons. The number of rotatable bonds is 4. The minimum absolute atomic E-state index is 0.260. The predicted molar refractivity (Wildman–Crippen MR) is 99.0 cm³/mol. The summed E-state index contributed by atoms with van der Waals surface area (Å²) in [4.78, 5) is 17.3. The van der Waals surface area contributed by atoms with Gasteiger partial charge in [-0.25, -0.2) is 0 Å². The van der Waals surface area contributed by atoms with Gasteiger partial charge in [-0.2, -0.15) is 0 Å². The summed E-state index contributed by atoms with van der Waals surface area (Å²) >= 11 is 6.11. The van der Waals surface area contributed by atoms with Crippen LogP contribution in [0.3, 0.4) is 0 Å². The topological polar surface area (TPSA) is 60.5 Å². The molecule has 0 saturated heterocycles. The number of nitrogens with zero attached hydrogens (tertiary/aromatic N) is 1. The molecule has 0 bridgehead atoms. The number of nitrogens with one attached hydrogen (secondary N) is 1. The van der Waals surface area contributed by atoms with Crippen molar-refractivity contribution in [2.24, 2.45) is 0 Å². The minimum atomic E-state index is -0.260. The molecular weight excluding hydrogens is 340 g/mol. The summed E-state index contributed by atoms with van der Waals surface area (Å²) < 4.78 is 10.5. The Balaban J connectivity index is 2.04. The van der Waals surface area contributed by atoms with E-state index in [4.69, 9.17) is 21.1 Å². The highest BCUT2D eigenvalue weighted by atomic mass is 35.5. The summed E-state index contributed by atoms with van der Waals surface area (Å²) in [5, 5.41) is 4.06. The summed E-state index contributed by atoms with van der Waals surface area (Å²) in [7, 11) is 3.03. The van der Waals surface area contributed by atoms with E-state index in [1.165, 1.54) is 14.2 Å². The molecule has 25 heavy (non-hydrogen) atoms. The predicted octanol–water partition coefficient (Wildman–Crippen LogP) is 4.47. The number of pyridine rings is 1. The van der Waals surface area contributed by atoms with Crippen LogP contribution in [0.1, 0.15) is 16.1 Å². The van der Waals surface area contributed by atoms with Gasteiger partial charge in [0.2, 0.25) is 0 Å². The fourth-order valence-corrected chi connectivity index (χ4v) is 2.87. The molecular formula is C19H17ClN2O3. The number of fused-ring (bicyclic) bond motifs is 1. The lowest BCUT2D eigenvalue weighted by atomic mass is 10.1. The summed E-state index contributed by atoms with van der Waals surface area (Å²) in [6, 6.07) is 12.5. The number of carbonyl (C=O) groups is 1. The number of halogens is 1. The van der Waals surface area contributed by atoms with E-state index >= 15 is 0 Å². The van der Waals surface area contributed by atoms with Gasteiger partial charge in [0.15, 0.2) is 0 Å². The van der Waals surface area contributed by atoms with Gasteiger partial charge in [-0.1, -0.05) is 29.8 Å². The maximum atomic E-state index is 12.9. The largest absolute Gasteiger partial charge is 0.495 e. The van der Waals surface area contributed by atoms with Gasteiger partial charge in [0.25, 0.3) is 5.91 Å².